The minimum Gasteiger partial charge on any atom is -0.493 e. The summed E-state index contributed by atoms with van der Waals surface area (Å²) in [5, 5.41) is 3.21. The first-order chi connectivity index (χ1) is 11.2. The molecule has 122 valence electrons. The Balaban J connectivity index is 1.92. The molecule has 0 heterocycles. The lowest BCUT2D eigenvalue weighted by Crippen LogP contribution is -2.25. The Hall–Kier alpha value is -1.85. The van der Waals surface area contributed by atoms with Gasteiger partial charge in [-0.2, -0.15) is 0 Å². The zero-order valence-electron chi connectivity index (χ0n) is 13.0. The van der Waals surface area contributed by atoms with Crippen molar-refractivity contribution in [3.63, 3.8) is 0 Å². The van der Waals surface area contributed by atoms with Crippen LogP contribution >= 0.6 is 23.4 Å². The maximum Gasteiger partial charge on any atom is 0.251 e. The average Bonchev–Trinajstić information content (AvgIpc) is 2.58. The van der Waals surface area contributed by atoms with Crippen LogP contribution in [-0.2, 0) is 0 Å². The molecule has 1 N–H and O–H groups in total. The molecule has 0 spiro atoms. The maximum absolute atomic E-state index is 12.2. The van der Waals surface area contributed by atoms with Gasteiger partial charge in [0, 0.05) is 22.8 Å². The summed E-state index contributed by atoms with van der Waals surface area (Å²) in [7, 11) is 3.01. The van der Waals surface area contributed by atoms with Crippen molar-refractivity contribution in [1.82, 2.24) is 5.32 Å². The highest BCUT2D eigenvalue weighted by molar-refractivity contribution is 7.99. The molecule has 0 fully saturated rings. The van der Waals surface area contributed by atoms with Crippen LogP contribution in [0.15, 0.2) is 47.4 Å². The van der Waals surface area contributed by atoms with E-state index in [4.69, 9.17) is 21.1 Å². The number of benzene rings is 2. The predicted octanol–water partition coefficient (Wildman–Crippen LogP) is 3.88. The summed E-state index contributed by atoms with van der Waals surface area (Å²) in [6.07, 6.45) is 0. The summed E-state index contributed by atoms with van der Waals surface area (Å²) in [6.45, 7) is 0.560. The number of carbonyl (C=O) groups is 1. The van der Waals surface area contributed by atoms with Gasteiger partial charge in [0.2, 0.25) is 0 Å². The maximum atomic E-state index is 12.2. The molecular formula is C17H18ClNO3S. The molecule has 2 aromatic rings. The van der Waals surface area contributed by atoms with Gasteiger partial charge in [-0.1, -0.05) is 29.8 Å². The van der Waals surface area contributed by atoms with Crippen LogP contribution in [0.1, 0.15) is 10.4 Å². The largest absolute Gasteiger partial charge is 0.493 e. The molecule has 23 heavy (non-hydrogen) atoms. The molecular weight excluding hydrogens is 334 g/mol. The molecule has 1 amide bonds. The van der Waals surface area contributed by atoms with E-state index >= 15 is 0 Å². The van der Waals surface area contributed by atoms with Gasteiger partial charge in [-0.25, -0.2) is 0 Å². The summed E-state index contributed by atoms with van der Waals surface area (Å²) >= 11 is 7.80. The van der Waals surface area contributed by atoms with Crippen LogP contribution in [0.5, 0.6) is 11.5 Å². The Labute approximate surface area is 145 Å². The number of rotatable bonds is 7. The van der Waals surface area contributed by atoms with Crippen molar-refractivity contribution in [3.05, 3.63) is 53.1 Å². The van der Waals surface area contributed by atoms with Crippen molar-refractivity contribution in [1.29, 1.82) is 0 Å². The summed E-state index contributed by atoms with van der Waals surface area (Å²) in [6, 6.07) is 13.2. The van der Waals surface area contributed by atoms with Crippen LogP contribution in [0.3, 0.4) is 0 Å². The van der Waals surface area contributed by atoms with Gasteiger partial charge in [-0.05, 0) is 24.3 Å². The number of amides is 1. The number of halogens is 1. The second-order valence-corrected chi connectivity index (χ2v) is 6.19. The van der Waals surface area contributed by atoms with Crippen LogP contribution in [0.25, 0.3) is 0 Å². The highest BCUT2D eigenvalue weighted by Gasteiger charge is 2.14. The zero-order chi connectivity index (χ0) is 16.7. The molecule has 6 heteroatoms. The second-order valence-electron chi connectivity index (χ2n) is 4.61. The molecule has 0 saturated carbocycles. The lowest BCUT2D eigenvalue weighted by atomic mass is 10.2. The topological polar surface area (TPSA) is 47.6 Å². The highest BCUT2D eigenvalue weighted by atomic mass is 35.5. The van der Waals surface area contributed by atoms with Crippen molar-refractivity contribution in [2.75, 3.05) is 26.5 Å². The Kier molecular flexibility index (Phi) is 6.62. The standard InChI is InChI=1S/C17H18ClNO3S/c1-21-15-11-12(10-14(18)16(15)22-2)17(20)19-8-9-23-13-6-4-3-5-7-13/h3-7,10-11H,8-9H2,1-2H3,(H,19,20). The number of thioether (sulfide) groups is 1. The predicted molar refractivity (Wildman–Crippen MR) is 94.1 cm³/mol. The van der Waals surface area contributed by atoms with Gasteiger partial charge in [-0.15, -0.1) is 11.8 Å². The van der Waals surface area contributed by atoms with Gasteiger partial charge in [0.25, 0.3) is 5.91 Å². The molecule has 0 aliphatic rings. The fraction of sp³-hybridized carbons (Fsp3) is 0.235. The summed E-state index contributed by atoms with van der Waals surface area (Å²) in [5.74, 6) is 1.45. The van der Waals surface area contributed by atoms with Crippen molar-refractivity contribution in [2.45, 2.75) is 4.90 Å². The Morgan fingerprint density at radius 3 is 2.57 bits per heavy atom. The average molecular weight is 352 g/mol. The lowest BCUT2D eigenvalue weighted by Gasteiger charge is -2.12. The van der Waals surface area contributed by atoms with Crippen LogP contribution in [0.2, 0.25) is 5.02 Å². The first-order valence-electron chi connectivity index (χ1n) is 7.03. The van der Waals surface area contributed by atoms with Gasteiger partial charge < -0.3 is 14.8 Å². The van der Waals surface area contributed by atoms with Gasteiger partial charge in [0.1, 0.15) is 0 Å². The van der Waals surface area contributed by atoms with E-state index in [0.717, 1.165) is 5.75 Å². The van der Waals surface area contributed by atoms with E-state index in [-0.39, 0.29) is 5.91 Å². The monoisotopic (exact) mass is 351 g/mol. The second kappa shape index (κ2) is 8.70. The van der Waals surface area contributed by atoms with E-state index in [0.29, 0.717) is 28.6 Å². The smallest absolute Gasteiger partial charge is 0.251 e. The van der Waals surface area contributed by atoms with E-state index in [1.807, 2.05) is 30.3 Å². The number of methoxy groups -OCH3 is 2. The molecule has 0 aliphatic carbocycles. The van der Waals surface area contributed by atoms with Crippen LogP contribution in [0, 0.1) is 0 Å². The number of ether oxygens (including phenoxy) is 2. The Bertz CT molecular complexity index is 664. The van der Waals surface area contributed by atoms with Crippen molar-refractivity contribution >= 4 is 29.3 Å². The van der Waals surface area contributed by atoms with Gasteiger partial charge in [0.05, 0.1) is 19.2 Å². The van der Waals surface area contributed by atoms with E-state index < -0.39 is 0 Å². The number of nitrogens with one attached hydrogen (secondary N) is 1. The van der Waals surface area contributed by atoms with Crippen LogP contribution in [-0.4, -0.2) is 32.4 Å². The van der Waals surface area contributed by atoms with Crippen molar-refractivity contribution < 1.29 is 14.3 Å². The molecule has 2 rings (SSSR count). The molecule has 2 aromatic carbocycles. The third-order valence-corrected chi connectivity index (χ3v) is 4.39. The summed E-state index contributed by atoms with van der Waals surface area (Å²) in [5.41, 5.74) is 0.442. The summed E-state index contributed by atoms with van der Waals surface area (Å²) in [4.78, 5) is 13.4. The third-order valence-electron chi connectivity index (χ3n) is 3.10. The fourth-order valence-corrected chi connectivity index (χ4v) is 3.08. The SMILES string of the molecule is COc1cc(C(=O)NCCSc2ccccc2)cc(Cl)c1OC. The van der Waals surface area contributed by atoms with E-state index in [2.05, 4.69) is 5.32 Å². The molecule has 0 aromatic heterocycles. The summed E-state index contributed by atoms with van der Waals surface area (Å²) < 4.78 is 10.4. The van der Waals surface area contributed by atoms with Crippen molar-refractivity contribution in [2.24, 2.45) is 0 Å². The van der Waals surface area contributed by atoms with E-state index in [1.165, 1.54) is 19.1 Å². The molecule has 0 bridgehead atoms. The normalized spacial score (nSPS) is 10.2. The van der Waals surface area contributed by atoms with Crippen LogP contribution < -0.4 is 14.8 Å². The van der Waals surface area contributed by atoms with Gasteiger partial charge in [-0.3, -0.25) is 4.79 Å². The number of hydrogen-bond acceptors (Lipinski definition) is 4. The van der Waals surface area contributed by atoms with E-state index in [9.17, 15) is 4.79 Å². The van der Waals surface area contributed by atoms with E-state index in [1.54, 1.807) is 23.9 Å². The molecule has 0 unspecified atom stereocenters. The lowest BCUT2D eigenvalue weighted by molar-refractivity contribution is 0.0956. The van der Waals surface area contributed by atoms with Gasteiger partial charge in [0.15, 0.2) is 11.5 Å². The zero-order valence-corrected chi connectivity index (χ0v) is 14.5. The molecule has 0 saturated heterocycles. The van der Waals surface area contributed by atoms with Crippen molar-refractivity contribution in [3.8, 4) is 11.5 Å². The Morgan fingerprint density at radius 1 is 1.17 bits per heavy atom. The minimum atomic E-state index is -0.193. The molecule has 0 aliphatic heterocycles. The highest BCUT2D eigenvalue weighted by Crippen LogP contribution is 2.35. The molecule has 0 atom stereocenters. The molecule has 4 nitrogen and oxygen atoms in total. The number of hydrogen-bond donors (Lipinski definition) is 1. The number of carbonyl (C=O) groups excluding carboxylic acids is 1. The Morgan fingerprint density at radius 2 is 1.91 bits per heavy atom. The van der Waals surface area contributed by atoms with Crippen LogP contribution in [0.4, 0.5) is 0 Å². The fourth-order valence-electron chi connectivity index (χ4n) is 2.00. The quantitative estimate of drug-likeness (QED) is 0.607. The third kappa shape index (κ3) is 4.81. The first kappa shape index (κ1) is 17.5. The molecule has 0 radical (unpaired) electrons. The minimum absolute atomic E-state index is 0.193. The first-order valence-corrected chi connectivity index (χ1v) is 8.39. The van der Waals surface area contributed by atoms with Gasteiger partial charge >= 0.3 is 0 Å².